The van der Waals surface area contributed by atoms with Crippen molar-refractivity contribution < 1.29 is 4.42 Å². The number of H-pyrrole nitrogens is 1. The Hall–Kier alpha value is -4.06. The molecule has 0 saturated heterocycles. The minimum absolute atomic E-state index is 0.104. The molecule has 0 bridgehead atoms. The van der Waals surface area contributed by atoms with E-state index in [1.54, 1.807) is 12.4 Å². The van der Waals surface area contributed by atoms with Gasteiger partial charge in [0.25, 0.3) is 0 Å². The molecule has 6 nitrogen and oxygen atoms in total. The Morgan fingerprint density at radius 1 is 0.903 bits per heavy atom. The van der Waals surface area contributed by atoms with Crippen molar-refractivity contribution >= 4 is 43.8 Å². The molecular weight excluding hydrogens is 388 g/mol. The van der Waals surface area contributed by atoms with Crippen LogP contribution in [-0.4, -0.2) is 19.9 Å². The zero-order valence-electron chi connectivity index (χ0n) is 17.0. The van der Waals surface area contributed by atoms with Gasteiger partial charge in [0.1, 0.15) is 23.2 Å². The van der Waals surface area contributed by atoms with Crippen LogP contribution in [0, 0.1) is 0 Å². The van der Waals surface area contributed by atoms with Crippen molar-refractivity contribution in [3.63, 3.8) is 0 Å². The first-order valence-corrected chi connectivity index (χ1v) is 10.2. The van der Waals surface area contributed by atoms with Crippen LogP contribution in [-0.2, 0) is 0 Å². The summed E-state index contributed by atoms with van der Waals surface area (Å²) in [6, 6.07) is 13.5. The van der Waals surface area contributed by atoms with Crippen LogP contribution < -0.4 is 5.43 Å². The number of fused-ring (bicyclic) bond motifs is 7. The van der Waals surface area contributed by atoms with E-state index in [9.17, 15) is 4.79 Å². The second kappa shape index (κ2) is 6.47. The number of imidazole rings is 1. The molecule has 1 N–H and O–H groups in total. The lowest BCUT2D eigenvalue weighted by Gasteiger charge is -2.06. The quantitative estimate of drug-likeness (QED) is 0.381. The van der Waals surface area contributed by atoms with E-state index >= 15 is 0 Å². The molecule has 4 heterocycles. The lowest BCUT2D eigenvalue weighted by Crippen LogP contribution is -2.06. The van der Waals surface area contributed by atoms with Crippen molar-refractivity contribution in [1.82, 2.24) is 19.9 Å². The Bertz CT molecular complexity index is 1620. The Morgan fingerprint density at radius 2 is 1.65 bits per heavy atom. The number of hydrogen-bond acceptors (Lipinski definition) is 5. The molecule has 2 aromatic carbocycles. The van der Waals surface area contributed by atoms with Crippen LogP contribution >= 0.6 is 0 Å². The highest BCUT2D eigenvalue weighted by Gasteiger charge is 2.18. The maximum atomic E-state index is 13.4. The Balaban J connectivity index is 1.68. The fourth-order valence-corrected chi connectivity index (χ4v) is 4.14. The molecule has 0 saturated carbocycles. The van der Waals surface area contributed by atoms with Crippen molar-refractivity contribution in [3.8, 4) is 11.4 Å². The summed E-state index contributed by atoms with van der Waals surface area (Å²) in [6.45, 7) is 4.20. The molecule has 0 atom stereocenters. The highest BCUT2D eigenvalue weighted by atomic mass is 16.3. The number of rotatable bonds is 2. The van der Waals surface area contributed by atoms with Gasteiger partial charge < -0.3 is 9.40 Å². The average molecular weight is 406 g/mol. The maximum absolute atomic E-state index is 13.4. The number of pyridine rings is 2. The van der Waals surface area contributed by atoms with Crippen molar-refractivity contribution in [3.05, 3.63) is 76.9 Å². The number of aromatic amines is 1. The van der Waals surface area contributed by atoms with Crippen LogP contribution in [0.15, 0.2) is 70.3 Å². The summed E-state index contributed by atoms with van der Waals surface area (Å²) in [4.78, 5) is 30.6. The summed E-state index contributed by atoms with van der Waals surface area (Å²) >= 11 is 0. The second-order valence-corrected chi connectivity index (χ2v) is 8.00. The molecule has 0 aliphatic rings. The van der Waals surface area contributed by atoms with Crippen LogP contribution in [0.2, 0.25) is 0 Å². The monoisotopic (exact) mass is 406 g/mol. The molecule has 0 aliphatic heterocycles. The molecule has 0 spiro atoms. The fraction of sp³-hybridized carbons (Fsp3) is 0.120. The third-order valence-electron chi connectivity index (χ3n) is 5.79. The predicted octanol–water partition coefficient (Wildman–Crippen LogP) is 5.56. The van der Waals surface area contributed by atoms with Gasteiger partial charge >= 0.3 is 0 Å². The SMILES string of the molecule is CC(C)c1ccc2occ(-c3nc4c5cccnc5c5ncccc5c4[nH]3)c(=O)c2c1. The predicted molar refractivity (Wildman–Crippen MR) is 122 cm³/mol. The van der Waals surface area contributed by atoms with Gasteiger partial charge in [-0.1, -0.05) is 19.9 Å². The van der Waals surface area contributed by atoms with Crippen molar-refractivity contribution in [2.75, 3.05) is 0 Å². The number of nitrogens with one attached hydrogen (secondary N) is 1. The summed E-state index contributed by atoms with van der Waals surface area (Å²) in [5.74, 6) is 0.790. The zero-order chi connectivity index (χ0) is 21.1. The number of benzene rings is 2. The molecule has 150 valence electrons. The highest BCUT2D eigenvalue weighted by molar-refractivity contribution is 6.21. The van der Waals surface area contributed by atoms with E-state index in [0.717, 1.165) is 38.4 Å². The van der Waals surface area contributed by atoms with Gasteiger partial charge in [-0.3, -0.25) is 14.8 Å². The number of nitrogens with zero attached hydrogens (tertiary/aromatic N) is 3. The van der Waals surface area contributed by atoms with E-state index in [-0.39, 0.29) is 5.43 Å². The van der Waals surface area contributed by atoms with Gasteiger partial charge in [-0.25, -0.2) is 4.98 Å². The molecule has 6 aromatic rings. The summed E-state index contributed by atoms with van der Waals surface area (Å²) < 4.78 is 5.80. The third kappa shape index (κ3) is 2.58. The first kappa shape index (κ1) is 17.8. The minimum atomic E-state index is -0.104. The largest absolute Gasteiger partial charge is 0.463 e. The highest BCUT2D eigenvalue weighted by Crippen LogP contribution is 2.33. The topological polar surface area (TPSA) is 84.7 Å². The normalized spacial score (nSPS) is 12.0. The summed E-state index contributed by atoms with van der Waals surface area (Å²) in [5, 5.41) is 2.36. The third-order valence-corrected chi connectivity index (χ3v) is 5.79. The zero-order valence-corrected chi connectivity index (χ0v) is 17.0. The van der Waals surface area contributed by atoms with Crippen LogP contribution in [0.5, 0.6) is 0 Å². The lowest BCUT2D eigenvalue weighted by atomic mass is 10.0. The van der Waals surface area contributed by atoms with Crippen LogP contribution in [0.1, 0.15) is 25.3 Å². The first-order chi connectivity index (χ1) is 15.1. The van der Waals surface area contributed by atoms with Gasteiger partial charge in [0, 0.05) is 23.2 Å². The number of aromatic nitrogens is 4. The van der Waals surface area contributed by atoms with Crippen LogP contribution in [0.25, 0.3) is 55.2 Å². The van der Waals surface area contributed by atoms with E-state index in [4.69, 9.17) is 9.40 Å². The molecule has 31 heavy (non-hydrogen) atoms. The van der Waals surface area contributed by atoms with Gasteiger partial charge in [-0.05, 0) is 47.9 Å². The van der Waals surface area contributed by atoms with E-state index in [2.05, 4.69) is 28.8 Å². The second-order valence-electron chi connectivity index (χ2n) is 8.00. The number of hydrogen-bond donors (Lipinski definition) is 1. The van der Waals surface area contributed by atoms with Gasteiger partial charge in [0.15, 0.2) is 0 Å². The molecule has 0 radical (unpaired) electrons. The Kier molecular flexibility index (Phi) is 3.71. The minimum Gasteiger partial charge on any atom is -0.463 e. The first-order valence-electron chi connectivity index (χ1n) is 10.2. The van der Waals surface area contributed by atoms with Crippen molar-refractivity contribution in [2.45, 2.75) is 19.8 Å². The van der Waals surface area contributed by atoms with Gasteiger partial charge in [0.05, 0.1) is 27.5 Å². The molecule has 0 unspecified atom stereocenters. The molecule has 4 aromatic heterocycles. The maximum Gasteiger partial charge on any atom is 0.203 e. The molecular formula is C25H18N4O2. The summed E-state index contributed by atoms with van der Waals surface area (Å²) in [5.41, 5.74) is 5.13. The average Bonchev–Trinajstić information content (AvgIpc) is 3.25. The van der Waals surface area contributed by atoms with E-state index in [0.29, 0.717) is 28.3 Å². The van der Waals surface area contributed by atoms with Crippen LogP contribution in [0.3, 0.4) is 0 Å². The van der Waals surface area contributed by atoms with E-state index in [1.807, 2.05) is 42.5 Å². The summed E-state index contributed by atoms with van der Waals surface area (Å²) in [7, 11) is 0. The molecule has 0 amide bonds. The molecule has 0 aliphatic carbocycles. The molecule has 6 heteroatoms. The molecule has 6 rings (SSSR count). The smallest absolute Gasteiger partial charge is 0.203 e. The molecule has 0 fully saturated rings. The Labute approximate surface area is 176 Å². The Morgan fingerprint density at radius 3 is 2.42 bits per heavy atom. The van der Waals surface area contributed by atoms with Gasteiger partial charge in [-0.2, -0.15) is 0 Å². The van der Waals surface area contributed by atoms with Gasteiger partial charge in [0.2, 0.25) is 5.43 Å². The summed E-state index contributed by atoms with van der Waals surface area (Å²) in [6.07, 6.45) is 4.99. The van der Waals surface area contributed by atoms with Gasteiger partial charge in [-0.15, -0.1) is 0 Å². The van der Waals surface area contributed by atoms with Crippen LogP contribution in [0.4, 0.5) is 0 Å². The fourth-order valence-electron chi connectivity index (χ4n) is 4.14. The lowest BCUT2D eigenvalue weighted by molar-refractivity contribution is 0.603. The van der Waals surface area contributed by atoms with Crippen molar-refractivity contribution in [1.29, 1.82) is 0 Å². The van der Waals surface area contributed by atoms with E-state index < -0.39 is 0 Å². The standard InChI is InChI=1S/C25H18N4O2/c1-13(2)14-7-8-19-17(11-14)24(30)18(12-31-19)25-28-22-15-5-3-9-26-20(15)21-16(23(22)29-25)6-4-10-27-21/h3-13H,1-2H3,(H,28,29). The van der Waals surface area contributed by atoms with E-state index in [1.165, 1.54) is 6.26 Å². The van der Waals surface area contributed by atoms with Crippen molar-refractivity contribution in [2.24, 2.45) is 0 Å².